The molecule has 4 heteroatoms. The summed E-state index contributed by atoms with van der Waals surface area (Å²) in [7, 11) is 0. The van der Waals surface area contributed by atoms with Crippen LogP contribution in [0.4, 0.5) is 4.79 Å². The highest BCUT2D eigenvalue weighted by Gasteiger charge is 2.15. The Morgan fingerprint density at radius 3 is 2.43 bits per heavy atom. The van der Waals surface area contributed by atoms with Gasteiger partial charge in [-0.1, -0.05) is 30.3 Å². The van der Waals surface area contributed by atoms with Gasteiger partial charge in [0.15, 0.2) is 0 Å². The molecule has 0 spiro atoms. The van der Waals surface area contributed by atoms with E-state index in [1.54, 1.807) is 6.20 Å². The van der Waals surface area contributed by atoms with Crippen molar-refractivity contribution in [1.29, 1.82) is 0 Å². The van der Waals surface area contributed by atoms with Gasteiger partial charge in [0, 0.05) is 18.3 Å². The van der Waals surface area contributed by atoms with Crippen molar-refractivity contribution in [1.82, 2.24) is 10.3 Å². The summed E-state index contributed by atoms with van der Waals surface area (Å²) >= 11 is 0. The number of aromatic nitrogens is 1. The van der Waals surface area contributed by atoms with E-state index in [0.29, 0.717) is 6.54 Å². The second kappa shape index (κ2) is 6.39. The van der Waals surface area contributed by atoms with Crippen LogP contribution in [0.1, 0.15) is 26.3 Å². The summed E-state index contributed by atoms with van der Waals surface area (Å²) in [6, 6.07) is 13.8. The highest BCUT2D eigenvalue weighted by Crippen LogP contribution is 2.16. The van der Waals surface area contributed by atoms with Crippen molar-refractivity contribution in [3.05, 3.63) is 54.2 Å². The number of hydrogen-bond acceptors (Lipinski definition) is 3. The number of nitrogens with one attached hydrogen (secondary N) is 1. The normalized spacial score (nSPS) is 11.0. The van der Waals surface area contributed by atoms with E-state index in [0.717, 1.165) is 16.8 Å². The molecule has 0 radical (unpaired) electrons. The standard InChI is InChI=1S/C17H20N2O2/c1-17(2,3)21-16(20)19-12-13-7-9-14(10-8-13)15-6-4-5-11-18-15/h4-11H,12H2,1-3H3,(H,19,20). The van der Waals surface area contributed by atoms with Gasteiger partial charge in [-0.15, -0.1) is 0 Å². The second-order valence-corrected chi connectivity index (χ2v) is 5.77. The number of hydrogen-bond donors (Lipinski definition) is 1. The first kappa shape index (κ1) is 15.0. The molecule has 0 saturated heterocycles. The van der Waals surface area contributed by atoms with Crippen LogP contribution in [-0.4, -0.2) is 16.7 Å². The molecule has 0 aliphatic heterocycles. The minimum atomic E-state index is -0.479. The predicted molar refractivity (Wildman–Crippen MR) is 82.7 cm³/mol. The molecule has 0 saturated carbocycles. The minimum Gasteiger partial charge on any atom is -0.444 e. The smallest absolute Gasteiger partial charge is 0.407 e. The number of nitrogens with zero attached hydrogens (tertiary/aromatic N) is 1. The highest BCUT2D eigenvalue weighted by molar-refractivity contribution is 5.67. The Kier molecular flexibility index (Phi) is 4.58. The van der Waals surface area contributed by atoms with E-state index in [2.05, 4.69) is 10.3 Å². The van der Waals surface area contributed by atoms with Gasteiger partial charge >= 0.3 is 6.09 Å². The molecule has 2 rings (SSSR count). The monoisotopic (exact) mass is 284 g/mol. The van der Waals surface area contributed by atoms with Gasteiger partial charge in [-0.05, 0) is 38.5 Å². The van der Waals surface area contributed by atoms with Crippen LogP contribution in [0.2, 0.25) is 0 Å². The Bertz CT molecular complexity index is 586. The maximum Gasteiger partial charge on any atom is 0.407 e. The van der Waals surface area contributed by atoms with Crippen LogP contribution < -0.4 is 5.32 Å². The third-order valence-corrected chi connectivity index (χ3v) is 2.75. The van der Waals surface area contributed by atoms with Crippen LogP contribution in [0.15, 0.2) is 48.7 Å². The lowest BCUT2D eigenvalue weighted by atomic mass is 10.1. The number of rotatable bonds is 3. The maximum atomic E-state index is 11.6. The molecule has 1 aromatic heterocycles. The number of carbonyl (C=O) groups excluding carboxylic acids is 1. The van der Waals surface area contributed by atoms with Crippen LogP contribution in [-0.2, 0) is 11.3 Å². The molecule has 0 unspecified atom stereocenters. The summed E-state index contributed by atoms with van der Waals surface area (Å²) in [6.45, 7) is 5.97. The molecule has 1 N–H and O–H groups in total. The van der Waals surface area contributed by atoms with Gasteiger partial charge in [0.05, 0.1) is 5.69 Å². The Hall–Kier alpha value is -2.36. The molecule has 4 nitrogen and oxygen atoms in total. The van der Waals surface area contributed by atoms with Crippen LogP contribution in [0.5, 0.6) is 0 Å². The van der Waals surface area contributed by atoms with E-state index in [4.69, 9.17) is 4.74 Å². The Balaban J connectivity index is 1.93. The van der Waals surface area contributed by atoms with Crippen LogP contribution in [0.25, 0.3) is 11.3 Å². The molecule has 110 valence electrons. The van der Waals surface area contributed by atoms with E-state index in [-0.39, 0.29) is 0 Å². The zero-order chi connectivity index (χ0) is 15.3. The van der Waals surface area contributed by atoms with Crippen molar-refractivity contribution in [3.63, 3.8) is 0 Å². The Morgan fingerprint density at radius 1 is 1.14 bits per heavy atom. The minimum absolute atomic E-state index is 0.406. The van der Waals surface area contributed by atoms with Crippen LogP contribution in [0, 0.1) is 0 Å². The largest absolute Gasteiger partial charge is 0.444 e. The summed E-state index contributed by atoms with van der Waals surface area (Å²) < 4.78 is 5.19. The van der Waals surface area contributed by atoms with E-state index >= 15 is 0 Å². The van der Waals surface area contributed by atoms with Crippen LogP contribution in [0.3, 0.4) is 0 Å². The van der Waals surface area contributed by atoms with Gasteiger partial charge in [0.2, 0.25) is 0 Å². The Morgan fingerprint density at radius 2 is 1.86 bits per heavy atom. The van der Waals surface area contributed by atoms with Crippen molar-refractivity contribution >= 4 is 6.09 Å². The van der Waals surface area contributed by atoms with Crippen molar-refractivity contribution in [2.45, 2.75) is 32.9 Å². The Labute approximate surface area is 125 Å². The number of alkyl carbamates (subject to hydrolysis) is 1. The fourth-order valence-electron chi connectivity index (χ4n) is 1.82. The molecule has 0 bridgehead atoms. The first-order chi connectivity index (χ1) is 9.94. The topological polar surface area (TPSA) is 51.2 Å². The van der Waals surface area contributed by atoms with Gasteiger partial charge in [0.25, 0.3) is 0 Å². The molecular formula is C17H20N2O2. The van der Waals surface area contributed by atoms with Crippen molar-refractivity contribution in [2.24, 2.45) is 0 Å². The van der Waals surface area contributed by atoms with Crippen molar-refractivity contribution < 1.29 is 9.53 Å². The molecule has 0 atom stereocenters. The molecule has 21 heavy (non-hydrogen) atoms. The first-order valence-corrected chi connectivity index (χ1v) is 6.91. The summed E-state index contributed by atoms with van der Waals surface area (Å²) in [5.74, 6) is 0. The third-order valence-electron chi connectivity index (χ3n) is 2.75. The molecule has 0 aliphatic rings. The summed E-state index contributed by atoms with van der Waals surface area (Å²) in [5.41, 5.74) is 2.52. The van der Waals surface area contributed by atoms with Gasteiger partial charge in [0.1, 0.15) is 5.60 Å². The lowest BCUT2D eigenvalue weighted by Gasteiger charge is -2.19. The number of carbonyl (C=O) groups is 1. The lowest BCUT2D eigenvalue weighted by Crippen LogP contribution is -2.32. The summed E-state index contributed by atoms with van der Waals surface area (Å²) in [5, 5.41) is 2.74. The molecule has 1 aromatic carbocycles. The first-order valence-electron chi connectivity index (χ1n) is 6.91. The van der Waals surface area contributed by atoms with E-state index in [1.807, 2.05) is 63.2 Å². The lowest BCUT2D eigenvalue weighted by molar-refractivity contribution is 0.0523. The number of ether oxygens (including phenoxy) is 1. The molecular weight excluding hydrogens is 264 g/mol. The van der Waals surface area contributed by atoms with Gasteiger partial charge in [-0.25, -0.2) is 4.79 Å². The van der Waals surface area contributed by atoms with Crippen molar-refractivity contribution in [2.75, 3.05) is 0 Å². The van der Waals surface area contributed by atoms with E-state index in [1.165, 1.54) is 0 Å². The average Bonchev–Trinajstić information content (AvgIpc) is 2.45. The van der Waals surface area contributed by atoms with Gasteiger partial charge in [-0.3, -0.25) is 4.98 Å². The zero-order valence-corrected chi connectivity index (χ0v) is 12.6. The van der Waals surface area contributed by atoms with E-state index in [9.17, 15) is 4.79 Å². The van der Waals surface area contributed by atoms with Gasteiger partial charge in [-0.2, -0.15) is 0 Å². The molecule has 2 aromatic rings. The number of benzene rings is 1. The predicted octanol–water partition coefficient (Wildman–Crippen LogP) is 3.77. The SMILES string of the molecule is CC(C)(C)OC(=O)NCc1ccc(-c2ccccn2)cc1. The number of pyridine rings is 1. The average molecular weight is 284 g/mol. The molecule has 0 aliphatic carbocycles. The fourth-order valence-corrected chi connectivity index (χ4v) is 1.82. The maximum absolute atomic E-state index is 11.6. The third kappa shape index (κ3) is 4.91. The quantitative estimate of drug-likeness (QED) is 0.933. The molecule has 1 heterocycles. The van der Waals surface area contributed by atoms with Crippen LogP contribution >= 0.6 is 0 Å². The highest BCUT2D eigenvalue weighted by atomic mass is 16.6. The fraction of sp³-hybridized carbons (Fsp3) is 0.294. The second-order valence-electron chi connectivity index (χ2n) is 5.77. The summed E-state index contributed by atoms with van der Waals surface area (Å²) in [4.78, 5) is 15.9. The summed E-state index contributed by atoms with van der Waals surface area (Å²) in [6.07, 6.45) is 1.36. The van der Waals surface area contributed by atoms with Crippen molar-refractivity contribution in [3.8, 4) is 11.3 Å². The van der Waals surface area contributed by atoms with Gasteiger partial charge < -0.3 is 10.1 Å². The molecule has 0 fully saturated rings. The van der Waals surface area contributed by atoms with E-state index < -0.39 is 11.7 Å². The molecule has 1 amide bonds. The number of amides is 1. The zero-order valence-electron chi connectivity index (χ0n) is 12.6.